The van der Waals surface area contributed by atoms with Crippen molar-refractivity contribution in [3.05, 3.63) is 46.4 Å². The van der Waals surface area contributed by atoms with Gasteiger partial charge in [-0.05, 0) is 30.7 Å². The molecule has 1 heterocycles. The number of alkyl halides is 3. The van der Waals surface area contributed by atoms with Gasteiger partial charge in [-0.3, -0.25) is 0 Å². The third-order valence-corrected chi connectivity index (χ3v) is 3.58. The lowest BCUT2D eigenvalue weighted by Gasteiger charge is -2.17. The van der Waals surface area contributed by atoms with Crippen molar-refractivity contribution < 1.29 is 17.9 Å². The molecule has 0 aliphatic rings. The molecule has 1 aromatic heterocycles. The maximum atomic E-state index is 12.1. The number of nitrogens with zero attached hydrogens (tertiary/aromatic N) is 1. The van der Waals surface area contributed by atoms with Gasteiger partial charge in [0.2, 0.25) is 0 Å². The van der Waals surface area contributed by atoms with Gasteiger partial charge in [-0.1, -0.05) is 19.1 Å². The van der Waals surface area contributed by atoms with E-state index in [-0.39, 0.29) is 11.8 Å². The van der Waals surface area contributed by atoms with Gasteiger partial charge in [-0.15, -0.1) is 24.5 Å². The zero-order valence-corrected chi connectivity index (χ0v) is 12.2. The summed E-state index contributed by atoms with van der Waals surface area (Å²) in [6.45, 7) is 2.84. The largest absolute Gasteiger partial charge is 0.573 e. The molecule has 0 saturated heterocycles. The van der Waals surface area contributed by atoms with Gasteiger partial charge < -0.3 is 10.1 Å². The standard InChI is InChI=1S/C14H15F3N2OS/c1-2-7-18-12(13-19-8-9-21-13)10-3-5-11(6-4-10)20-14(15,16)17/h3-6,8-9,12,18H,2,7H2,1H3. The Morgan fingerprint density at radius 2 is 2.00 bits per heavy atom. The van der Waals surface area contributed by atoms with Gasteiger partial charge in [0.05, 0.1) is 6.04 Å². The van der Waals surface area contributed by atoms with E-state index < -0.39 is 6.36 Å². The quantitative estimate of drug-likeness (QED) is 0.870. The minimum Gasteiger partial charge on any atom is -0.406 e. The molecule has 1 atom stereocenters. The van der Waals surface area contributed by atoms with Gasteiger partial charge in [-0.2, -0.15) is 0 Å². The number of hydrogen-bond acceptors (Lipinski definition) is 4. The zero-order valence-electron chi connectivity index (χ0n) is 11.4. The van der Waals surface area contributed by atoms with Gasteiger partial charge in [0, 0.05) is 11.6 Å². The van der Waals surface area contributed by atoms with Crippen LogP contribution in [0.1, 0.15) is 30.0 Å². The predicted molar refractivity (Wildman–Crippen MR) is 75.4 cm³/mol. The fourth-order valence-electron chi connectivity index (χ4n) is 1.88. The monoisotopic (exact) mass is 316 g/mol. The molecule has 2 rings (SSSR count). The number of benzene rings is 1. The van der Waals surface area contributed by atoms with Crippen molar-refractivity contribution in [2.75, 3.05) is 6.54 Å². The molecule has 0 radical (unpaired) electrons. The highest BCUT2D eigenvalue weighted by molar-refractivity contribution is 7.09. The highest BCUT2D eigenvalue weighted by Crippen LogP contribution is 2.27. The molecule has 1 unspecified atom stereocenters. The van der Waals surface area contributed by atoms with E-state index in [1.54, 1.807) is 18.3 Å². The first kappa shape index (κ1) is 15.8. The first-order chi connectivity index (χ1) is 9.99. The summed E-state index contributed by atoms with van der Waals surface area (Å²) in [5, 5.41) is 6.10. The molecule has 21 heavy (non-hydrogen) atoms. The van der Waals surface area contributed by atoms with Crippen molar-refractivity contribution in [1.82, 2.24) is 10.3 Å². The number of aromatic nitrogens is 1. The third kappa shape index (κ3) is 4.71. The fourth-order valence-corrected chi connectivity index (χ4v) is 2.61. The first-order valence-corrected chi connectivity index (χ1v) is 7.36. The Kier molecular flexibility index (Phi) is 5.19. The van der Waals surface area contributed by atoms with Crippen molar-refractivity contribution in [3.63, 3.8) is 0 Å². The minimum atomic E-state index is -4.67. The van der Waals surface area contributed by atoms with Crippen molar-refractivity contribution in [2.45, 2.75) is 25.7 Å². The molecular weight excluding hydrogens is 301 g/mol. The Morgan fingerprint density at radius 3 is 2.52 bits per heavy atom. The van der Waals surface area contributed by atoms with E-state index in [0.29, 0.717) is 0 Å². The van der Waals surface area contributed by atoms with Crippen LogP contribution < -0.4 is 10.1 Å². The zero-order chi connectivity index (χ0) is 15.3. The van der Waals surface area contributed by atoms with Crippen molar-refractivity contribution >= 4 is 11.3 Å². The van der Waals surface area contributed by atoms with Crippen molar-refractivity contribution in [3.8, 4) is 5.75 Å². The van der Waals surface area contributed by atoms with Crippen molar-refractivity contribution in [2.24, 2.45) is 0 Å². The van der Waals surface area contributed by atoms with Crippen LogP contribution in [0.5, 0.6) is 5.75 Å². The molecule has 0 aliphatic heterocycles. The summed E-state index contributed by atoms with van der Waals surface area (Å²) in [5.41, 5.74) is 0.855. The Balaban J connectivity index is 2.17. The molecular formula is C14H15F3N2OS. The molecule has 3 nitrogen and oxygen atoms in total. The number of nitrogens with one attached hydrogen (secondary N) is 1. The molecule has 0 saturated carbocycles. The first-order valence-electron chi connectivity index (χ1n) is 6.48. The second-order valence-electron chi connectivity index (χ2n) is 4.37. The van der Waals surface area contributed by atoms with Crippen LogP contribution in [0, 0.1) is 0 Å². The van der Waals surface area contributed by atoms with Crippen LogP contribution in [-0.2, 0) is 0 Å². The van der Waals surface area contributed by atoms with E-state index in [1.807, 2.05) is 12.3 Å². The van der Waals surface area contributed by atoms with E-state index in [9.17, 15) is 13.2 Å². The molecule has 0 fully saturated rings. The summed E-state index contributed by atoms with van der Waals surface area (Å²) in [6, 6.07) is 5.75. The molecule has 114 valence electrons. The molecule has 1 aromatic carbocycles. The summed E-state index contributed by atoms with van der Waals surface area (Å²) in [5.74, 6) is -0.223. The van der Waals surface area contributed by atoms with E-state index in [0.717, 1.165) is 23.5 Å². The van der Waals surface area contributed by atoms with Crippen molar-refractivity contribution in [1.29, 1.82) is 0 Å². The lowest BCUT2D eigenvalue weighted by atomic mass is 10.1. The van der Waals surface area contributed by atoms with E-state index in [2.05, 4.69) is 15.0 Å². The number of halogens is 3. The second-order valence-corrected chi connectivity index (χ2v) is 5.30. The van der Waals surface area contributed by atoms with Gasteiger partial charge in [0.25, 0.3) is 0 Å². The van der Waals surface area contributed by atoms with E-state index in [1.165, 1.54) is 23.5 Å². The van der Waals surface area contributed by atoms with Crippen LogP contribution in [0.4, 0.5) is 13.2 Å². The van der Waals surface area contributed by atoms with Crippen LogP contribution in [-0.4, -0.2) is 17.9 Å². The fraction of sp³-hybridized carbons (Fsp3) is 0.357. The lowest BCUT2D eigenvalue weighted by Crippen LogP contribution is -2.23. The average Bonchev–Trinajstić information content (AvgIpc) is 2.93. The van der Waals surface area contributed by atoms with Crippen LogP contribution in [0.15, 0.2) is 35.8 Å². The third-order valence-electron chi connectivity index (χ3n) is 2.74. The highest BCUT2D eigenvalue weighted by atomic mass is 32.1. The van der Waals surface area contributed by atoms with Gasteiger partial charge >= 0.3 is 6.36 Å². The minimum absolute atomic E-state index is 0.120. The van der Waals surface area contributed by atoms with Gasteiger partial charge in [0.1, 0.15) is 10.8 Å². The van der Waals surface area contributed by atoms with E-state index in [4.69, 9.17) is 0 Å². The summed E-state index contributed by atoms with van der Waals surface area (Å²) in [6.07, 6.45) is -2.00. The topological polar surface area (TPSA) is 34.1 Å². The van der Waals surface area contributed by atoms with Crippen LogP contribution in [0.3, 0.4) is 0 Å². The highest BCUT2D eigenvalue weighted by Gasteiger charge is 2.31. The van der Waals surface area contributed by atoms with Gasteiger partial charge in [0.15, 0.2) is 0 Å². The molecule has 2 aromatic rings. The summed E-state index contributed by atoms with van der Waals surface area (Å²) < 4.78 is 40.3. The Morgan fingerprint density at radius 1 is 1.29 bits per heavy atom. The summed E-state index contributed by atoms with van der Waals surface area (Å²) >= 11 is 1.51. The summed E-state index contributed by atoms with van der Waals surface area (Å²) in [4.78, 5) is 4.27. The van der Waals surface area contributed by atoms with E-state index >= 15 is 0 Å². The molecule has 0 aliphatic carbocycles. The number of thiazole rings is 1. The molecule has 0 spiro atoms. The number of ether oxygens (including phenoxy) is 1. The average molecular weight is 316 g/mol. The maximum absolute atomic E-state index is 12.1. The Bertz CT molecular complexity index is 540. The molecule has 0 amide bonds. The molecule has 7 heteroatoms. The van der Waals surface area contributed by atoms with Crippen LogP contribution >= 0.6 is 11.3 Å². The van der Waals surface area contributed by atoms with Crippen LogP contribution in [0.2, 0.25) is 0 Å². The maximum Gasteiger partial charge on any atom is 0.573 e. The second kappa shape index (κ2) is 6.91. The smallest absolute Gasteiger partial charge is 0.406 e. The lowest BCUT2D eigenvalue weighted by molar-refractivity contribution is -0.274. The number of rotatable bonds is 6. The predicted octanol–water partition coefficient (Wildman–Crippen LogP) is 4.13. The SMILES string of the molecule is CCCNC(c1ccc(OC(F)(F)F)cc1)c1nccs1. The number of hydrogen-bond donors (Lipinski definition) is 1. The Hall–Kier alpha value is -1.60. The Labute approximate surface area is 124 Å². The molecule has 0 bridgehead atoms. The molecule has 1 N–H and O–H groups in total. The van der Waals surface area contributed by atoms with Gasteiger partial charge in [-0.25, -0.2) is 4.98 Å². The van der Waals surface area contributed by atoms with Crippen LogP contribution in [0.25, 0.3) is 0 Å². The summed E-state index contributed by atoms with van der Waals surface area (Å²) in [7, 11) is 0. The normalized spacial score (nSPS) is 13.1.